The molecule has 12 heavy (non-hydrogen) atoms. The fourth-order valence-electron chi connectivity index (χ4n) is 1.41. The number of hydrogen-bond acceptors (Lipinski definition) is 3. The van der Waals surface area contributed by atoms with Gasteiger partial charge in [0.1, 0.15) is 9.84 Å². The van der Waals surface area contributed by atoms with Crippen molar-refractivity contribution in [3.05, 3.63) is 0 Å². The third kappa shape index (κ3) is 2.20. The molecule has 5 heteroatoms. The highest BCUT2D eigenvalue weighted by molar-refractivity contribution is 7.91. The highest BCUT2D eigenvalue weighted by Crippen LogP contribution is 2.15. The second-order valence-electron chi connectivity index (χ2n) is 3.17. The second kappa shape index (κ2) is 3.43. The first-order valence-corrected chi connectivity index (χ1v) is 5.87. The topological polar surface area (TPSA) is 54.5 Å². The van der Waals surface area contributed by atoms with E-state index in [0.717, 1.165) is 6.41 Å². The van der Waals surface area contributed by atoms with Crippen molar-refractivity contribution in [3.8, 4) is 0 Å². The molecule has 0 aromatic rings. The van der Waals surface area contributed by atoms with Crippen LogP contribution < -0.4 is 0 Å². The van der Waals surface area contributed by atoms with Crippen molar-refractivity contribution in [2.24, 2.45) is 0 Å². The Bertz CT molecular complexity index is 252. The third-order valence-corrected chi connectivity index (χ3v) is 3.91. The molecule has 1 amide bonds. The summed E-state index contributed by atoms with van der Waals surface area (Å²) in [6.07, 6.45) is 3.20. The molecule has 0 aromatic carbocycles. The van der Waals surface area contributed by atoms with Gasteiger partial charge in [0.05, 0.1) is 5.25 Å². The zero-order valence-electron chi connectivity index (χ0n) is 7.06. The number of rotatable bonds is 2. The van der Waals surface area contributed by atoms with E-state index in [1.165, 1.54) is 6.26 Å². The van der Waals surface area contributed by atoms with Gasteiger partial charge in [-0.05, 0) is 12.8 Å². The van der Waals surface area contributed by atoms with Crippen molar-refractivity contribution in [3.63, 3.8) is 0 Å². The van der Waals surface area contributed by atoms with E-state index < -0.39 is 9.84 Å². The standard InChI is InChI=1S/C7H13NO3S/c1-12(10,11)7-2-4-8(6-9)5-3-7/h6-7H,2-5H2,1H3. The molecule has 1 saturated heterocycles. The van der Waals surface area contributed by atoms with Crippen LogP contribution in [0.3, 0.4) is 0 Å². The Kier molecular flexibility index (Phi) is 2.72. The summed E-state index contributed by atoms with van der Waals surface area (Å²) < 4.78 is 22.1. The predicted molar refractivity (Wildman–Crippen MR) is 45.5 cm³/mol. The Balaban J connectivity index is 2.52. The molecule has 0 N–H and O–H groups in total. The monoisotopic (exact) mass is 191 g/mol. The molecule has 0 aromatic heterocycles. The van der Waals surface area contributed by atoms with Crippen molar-refractivity contribution >= 4 is 16.2 Å². The molecule has 70 valence electrons. The van der Waals surface area contributed by atoms with Crippen LogP contribution in [-0.4, -0.2) is 44.3 Å². The minimum Gasteiger partial charge on any atom is -0.345 e. The highest BCUT2D eigenvalue weighted by Gasteiger charge is 2.25. The quantitative estimate of drug-likeness (QED) is 0.561. The lowest BCUT2D eigenvalue weighted by atomic mass is 10.1. The molecule has 4 nitrogen and oxygen atoms in total. The van der Waals surface area contributed by atoms with Crippen molar-refractivity contribution in [2.45, 2.75) is 18.1 Å². The fourth-order valence-corrected chi connectivity index (χ4v) is 2.48. The van der Waals surface area contributed by atoms with Crippen LogP contribution >= 0.6 is 0 Å². The van der Waals surface area contributed by atoms with E-state index in [0.29, 0.717) is 25.9 Å². The third-order valence-electron chi connectivity index (χ3n) is 2.23. The highest BCUT2D eigenvalue weighted by atomic mass is 32.2. The van der Waals surface area contributed by atoms with E-state index in [1.54, 1.807) is 4.90 Å². The summed E-state index contributed by atoms with van der Waals surface area (Å²) in [5.41, 5.74) is 0. The lowest BCUT2D eigenvalue weighted by molar-refractivity contribution is -0.118. The SMILES string of the molecule is CS(=O)(=O)C1CCN(C=O)CC1. The van der Waals surface area contributed by atoms with Crippen LogP contribution in [0.2, 0.25) is 0 Å². The predicted octanol–water partition coefficient (Wildman–Crippen LogP) is -0.348. The summed E-state index contributed by atoms with van der Waals surface area (Å²) in [7, 11) is -2.90. The van der Waals surface area contributed by atoms with Crippen LogP contribution in [0.15, 0.2) is 0 Å². The normalized spacial score (nSPS) is 20.9. The number of carbonyl (C=O) groups is 1. The van der Waals surface area contributed by atoms with Gasteiger partial charge in [-0.3, -0.25) is 4.79 Å². The minimum absolute atomic E-state index is 0.242. The van der Waals surface area contributed by atoms with E-state index in [2.05, 4.69) is 0 Å². The molecule has 0 bridgehead atoms. The van der Waals surface area contributed by atoms with E-state index >= 15 is 0 Å². The molecule has 0 radical (unpaired) electrons. The molecular weight excluding hydrogens is 178 g/mol. The summed E-state index contributed by atoms with van der Waals surface area (Å²) in [4.78, 5) is 11.9. The van der Waals surface area contributed by atoms with E-state index in [1.807, 2.05) is 0 Å². The Morgan fingerprint density at radius 2 is 1.83 bits per heavy atom. The Morgan fingerprint density at radius 3 is 2.17 bits per heavy atom. The van der Waals surface area contributed by atoms with Gasteiger partial charge in [-0.15, -0.1) is 0 Å². The Hall–Kier alpha value is -0.580. The molecule has 0 aliphatic carbocycles. The summed E-state index contributed by atoms with van der Waals surface area (Å²) in [5, 5.41) is -0.242. The van der Waals surface area contributed by atoms with E-state index in [4.69, 9.17) is 0 Å². The number of hydrogen-bond donors (Lipinski definition) is 0. The lowest BCUT2D eigenvalue weighted by Gasteiger charge is -2.27. The largest absolute Gasteiger partial charge is 0.345 e. The number of sulfone groups is 1. The van der Waals surface area contributed by atoms with Crippen LogP contribution in [-0.2, 0) is 14.6 Å². The lowest BCUT2D eigenvalue weighted by Crippen LogP contribution is -2.38. The van der Waals surface area contributed by atoms with Crippen molar-refractivity contribution in [1.29, 1.82) is 0 Å². The van der Waals surface area contributed by atoms with E-state index in [-0.39, 0.29) is 5.25 Å². The van der Waals surface area contributed by atoms with Crippen molar-refractivity contribution < 1.29 is 13.2 Å². The van der Waals surface area contributed by atoms with Crippen LogP contribution in [0, 0.1) is 0 Å². The zero-order valence-corrected chi connectivity index (χ0v) is 7.88. The van der Waals surface area contributed by atoms with Gasteiger partial charge in [-0.25, -0.2) is 8.42 Å². The van der Waals surface area contributed by atoms with E-state index in [9.17, 15) is 13.2 Å². The number of carbonyl (C=O) groups excluding carboxylic acids is 1. The maximum atomic E-state index is 11.1. The van der Waals surface area contributed by atoms with Crippen molar-refractivity contribution in [2.75, 3.05) is 19.3 Å². The first-order valence-electron chi connectivity index (χ1n) is 3.92. The average molecular weight is 191 g/mol. The number of amides is 1. The van der Waals surface area contributed by atoms with Gasteiger partial charge in [0, 0.05) is 19.3 Å². The average Bonchev–Trinajstić information content (AvgIpc) is 2.03. The van der Waals surface area contributed by atoms with Gasteiger partial charge in [0.2, 0.25) is 6.41 Å². The molecule has 1 aliphatic heterocycles. The Morgan fingerprint density at radius 1 is 1.33 bits per heavy atom. The smallest absolute Gasteiger partial charge is 0.209 e. The van der Waals surface area contributed by atoms with Gasteiger partial charge in [-0.2, -0.15) is 0 Å². The fraction of sp³-hybridized carbons (Fsp3) is 0.857. The maximum Gasteiger partial charge on any atom is 0.209 e. The molecule has 0 spiro atoms. The number of nitrogens with zero attached hydrogens (tertiary/aromatic N) is 1. The molecule has 0 atom stereocenters. The van der Waals surface area contributed by atoms with Gasteiger partial charge in [0.25, 0.3) is 0 Å². The van der Waals surface area contributed by atoms with Gasteiger partial charge in [0.15, 0.2) is 0 Å². The number of likely N-dealkylation sites (tertiary alicyclic amines) is 1. The first kappa shape index (κ1) is 9.51. The van der Waals surface area contributed by atoms with Gasteiger partial charge >= 0.3 is 0 Å². The van der Waals surface area contributed by atoms with Crippen LogP contribution in [0.5, 0.6) is 0 Å². The molecule has 1 aliphatic rings. The molecule has 0 saturated carbocycles. The van der Waals surface area contributed by atoms with Crippen LogP contribution in [0.4, 0.5) is 0 Å². The summed E-state index contributed by atoms with van der Waals surface area (Å²) >= 11 is 0. The maximum absolute atomic E-state index is 11.1. The summed E-state index contributed by atoms with van der Waals surface area (Å²) in [6, 6.07) is 0. The van der Waals surface area contributed by atoms with Gasteiger partial charge < -0.3 is 4.90 Å². The van der Waals surface area contributed by atoms with Crippen LogP contribution in [0.1, 0.15) is 12.8 Å². The zero-order chi connectivity index (χ0) is 9.19. The molecule has 1 heterocycles. The molecule has 0 unspecified atom stereocenters. The number of piperidine rings is 1. The first-order chi connectivity index (χ1) is 5.54. The molecule has 1 fully saturated rings. The Labute approximate surface area is 72.5 Å². The van der Waals surface area contributed by atoms with Crippen molar-refractivity contribution in [1.82, 2.24) is 4.90 Å². The molecular formula is C7H13NO3S. The summed E-state index contributed by atoms with van der Waals surface area (Å²) in [5.74, 6) is 0. The summed E-state index contributed by atoms with van der Waals surface area (Å²) in [6.45, 7) is 1.14. The second-order valence-corrected chi connectivity index (χ2v) is 5.50. The van der Waals surface area contributed by atoms with Crippen LogP contribution in [0.25, 0.3) is 0 Å². The minimum atomic E-state index is -2.90. The molecule has 1 rings (SSSR count). The van der Waals surface area contributed by atoms with Gasteiger partial charge in [-0.1, -0.05) is 0 Å².